The van der Waals surface area contributed by atoms with Crippen molar-refractivity contribution in [1.82, 2.24) is 15.4 Å². The third kappa shape index (κ3) is 7.75. The predicted octanol–water partition coefficient (Wildman–Crippen LogP) is 3.31. The standard InChI is InChI=1S/C23H38N4O5S/c1-14(2)20(27(31)13-28)18(12-17-8-6-15(3)7-9-17)21(29)25-19(16(4)32-5)22(30)26-23-24-10-11-33-23/h10-11,13-20,31H,6-9,12H2,1-5H3,(H,25,29)(H,24,26,30)/t15?,16-,17?,18-,19+,20+/m1/s1. The number of carbonyl (C=O) groups excluding carboxylic acids is 3. The van der Waals surface area contributed by atoms with E-state index in [0.717, 1.165) is 25.7 Å². The second-order valence-corrected chi connectivity index (χ2v) is 10.3. The Kier molecular flexibility index (Phi) is 10.7. The second-order valence-electron chi connectivity index (χ2n) is 9.44. The SMILES string of the molecule is CO[C@H](C)[C@H](NC(=O)[C@H](CC1CCC(C)CC1)[C@H](C(C)C)N(O)C=O)C(=O)Nc1nccs1. The molecular formula is C23H38N4O5S. The molecule has 33 heavy (non-hydrogen) atoms. The smallest absolute Gasteiger partial charge is 0.251 e. The van der Waals surface area contributed by atoms with Crippen LogP contribution in [0.25, 0.3) is 0 Å². The Morgan fingerprint density at radius 1 is 1.27 bits per heavy atom. The van der Waals surface area contributed by atoms with E-state index in [0.29, 0.717) is 34.9 Å². The molecule has 1 fully saturated rings. The van der Waals surface area contributed by atoms with Crippen LogP contribution in [0.15, 0.2) is 11.6 Å². The van der Waals surface area contributed by atoms with E-state index in [2.05, 4.69) is 22.5 Å². The fourth-order valence-electron chi connectivity index (χ4n) is 4.61. The van der Waals surface area contributed by atoms with Gasteiger partial charge < -0.3 is 15.4 Å². The molecule has 3 N–H and O–H groups in total. The fraction of sp³-hybridized carbons (Fsp3) is 0.739. The summed E-state index contributed by atoms with van der Waals surface area (Å²) in [5, 5.41) is 18.6. The molecule has 0 aromatic carbocycles. The molecule has 9 nitrogen and oxygen atoms in total. The second kappa shape index (κ2) is 13.0. The van der Waals surface area contributed by atoms with Gasteiger partial charge in [0.25, 0.3) is 5.91 Å². The average Bonchev–Trinajstić information content (AvgIpc) is 3.30. The van der Waals surface area contributed by atoms with Crippen LogP contribution in [0.4, 0.5) is 5.13 Å². The number of thiazole rings is 1. The maximum Gasteiger partial charge on any atom is 0.251 e. The highest BCUT2D eigenvalue weighted by Crippen LogP contribution is 2.35. The molecular weight excluding hydrogens is 444 g/mol. The first-order valence-electron chi connectivity index (χ1n) is 11.6. The molecule has 0 aliphatic heterocycles. The molecule has 0 radical (unpaired) electrons. The highest BCUT2D eigenvalue weighted by atomic mass is 32.1. The molecule has 2 rings (SSSR count). The van der Waals surface area contributed by atoms with E-state index in [4.69, 9.17) is 4.74 Å². The summed E-state index contributed by atoms with van der Waals surface area (Å²) in [4.78, 5) is 42.0. The number of rotatable bonds is 12. The summed E-state index contributed by atoms with van der Waals surface area (Å²) in [6, 6.07) is -1.67. The highest BCUT2D eigenvalue weighted by Gasteiger charge is 2.39. The number of nitrogens with one attached hydrogen (secondary N) is 2. The molecule has 4 atom stereocenters. The Morgan fingerprint density at radius 2 is 1.94 bits per heavy atom. The molecule has 0 spiro atoms. The van der Waals surface area contributed by atoms with Gasteiger partial charge in [0.2, 0.25) is 12.3 Å². The van der Waals surface area contributed by atoms with Crippen molar-refractivity contribution in [3.63, 3.8) is 0 Å². The Bertz CT molecular complexity index is 752. The summed E-state index contributed by atoms with van der Waals surface area (Å²) in [6.45, 7) is 7.67. The minimum absolute atomic E-state index is 0.166. The van der Waals surface area contributed by atoms with Gasteiger partial charge in [-0.3, -0.25) is 19.6 Å². The van der Waals surface area contributed by atoms with Gasteiger partial charge in [0.1, 0.15) is 6.04 Å². The molecule has 1 aliphatic carbocycles. The summed E-state index contributed by atoms with van der Waals surface area (Å²) in [5.74, 6) is -0.661. The number of anilines is 1. The summed E-state index contributed by atoms with van der Waals surface area (Å²) >= 11 is 1.28. The molecule has 186 valence electrons. The summed E-state index contributed by atoms with van der Waals surface area (Å²) in [7, 11) is 1.47. The van der Waals surface area contributed by atoms with Gasteiger partial charge in [0.05, 0.1) is 18.1 Å². The molecule has 3 amide bonds. The predicted molar refractivity (Wildman–Crippen MR) is 127 cm³/mol. The van der Waals surface area contributed by atoms with Crippen molar-refractivity contribution in [2.75, 3.05) is 12.4 Å². The van der Waals surface area contributed by atoms with Crippen LogP contribution in [0, 0.1) is 23.7 Å². The number of nitrogens with zero attached hydrogens (tertiary/aromatic N) is 2. The van der Waals surface area contributed by atoms with Crippen LogP contribution in [0.1, 0.15) is 59.8 Å². The van der Waals surface area contributed by atoms with E-state index >= 15 is 0 Å². The van der Waals surface area contributed by atoms with Crippen molar-refractivity contribution in [1.29, 1.82) is 0 Å². The van der Waals surface area contributed by atoms with Crippen molar-refractivity contribution >= 4 is 34.7 Å². The van der Waals surface area contributed by atoms with E-state index in [1.807, 2.05) is 13.8 Å². The van der Waals surface area contributed by atoms with Crippen LogP contribution in [-0.4, -0.2) is 58.8 Å². The molecule has 0 saturated heterocycles. The fourth-order valence-corrected chi connectivity index (χ4v) is 5.14. The number of carbonyl (C=O) groups is 3. The summed E-state index contributed by atoms with van der Waals surface area (Å²) in [5.41, 5.74) is 0. The molecule has 0 unspecified atom stereocenters. The van der Waals surface area contributed by atoms with Crippen molar-refractivity contribution in [3.8, 4) is 0 Å². The number of methoxy groups -OCH3 is 1. The minimum atomic E-state index is -0.962. The van der Waals surface area contributed by atoms with Crippen molar-refractivity contribution in [2.24, 2.45) is 23.7 Å². The molecule has 1 aromatic rings. The zero-order chi connectivity index (χ0) is 24.5. The zero-order valence-electron chi connectivity index (χ0n) is 20.2. The van der Waals surface area contributed by atoms with Crippen molar-refractivity contribution in [3.05, 3.63) is 11.6 Å². The Labute approximate surface area is 200 Å². The largest absolute Gasteiger partial charge is 0.379 e. The summed E-state index contributed by atoms with van der Waals surface area (Å²) in [6.07, 6.45) is 6.07. The first kappa shape index (κ1) is 27.2. The lowest BCUT2D eigenvalue weighted by atomic mass is 9.75. The average molecular weight is 483 g/mol. The van der Waals surface area contributed by atoms with Gasteiger partial charge in [0.15, 0.2) is 5.13 Å². The molecule has 10 heteroatoms. The molecule has 1 heterocycles. The maximum atomic E-state index is 13.6. The van der Waals surface area contributed by atoms with E-state index in [-0.39, 0.29) is 11.8 Å². The topological polar surface area (TPSA) is 121 Å². The number of ether oxygens (including phenoxy) is 1. The third-order valence-electron chi connectivity index (χ3n) is 6.65. The number of amides is 3. The van der Waals surface area contributed by atoms with Crippen LogP contribution < -0.4 is 10.6 Å². The third-order valence-corrected chi connectivity index (χ3v) is 7.34. The van der Waals surface area contributed by atoms with Crippen molar-refractivity contribution in [2.45, 2.75) is 78.0 Å². The number of aromatic nitrogens is 1. The monoisotopic (exact) mass is 482 g/mol. The lowest BCUT2D eigenvalue weighted by Gasteiger charge is -2.37. The first-order valence-corrected chi connectivity index (χ1v) is 12.5. The van der Waals surface area contributed by atoms with Gasteiger partial charge in [-0.05, 0) is 31.1 Å². The van der Waals surface area contributed by atoms with E-state index in [9.17, 15) is 19.6 Å². The van der Waals surface area contributed by atoms with Crippen LogP contribution in [0.5, 0.6) is 0 Å². The number of hydroxylamine groups is 2. The van der Waals surface area contributed by atoms with Crippen LogP contribution in [0.2, 0.25) is 0 Å². The van der Waals surface area contributed by atoms with Crippen LogP contribution in [-0.2, 0) is 19.1 Å². The molecule has 1 saturated carbocycles. The highest BCUT2D eigenvalue weighted by molar-refractivity contribution is 7.13. The lowest BCUT2D eigenvalue weighted by Crippen LogP contribution is -2.56. The molecule has 1 aromatic heterocycles. The zero-order valence-corrected chi connectivity index (χ0v) is 21.0. The number of hydrogen-bond acceptors (Lipinski definition) is 7. The van der Waals surface area contributed by atoms with E-state index < -0.39 is 30.0 Å². The Balaban J connectivity index is 2.25. The Morgan fingerprint density at radius 3 is 2.45 bits per heavy atom. The van der Waals surface area contributed by atoms with Gasteiger partial charge in [-0.25, -0.2) is 10.0 Å². The van der Waals surface area contributed by atoms with Crippen molar-refractivity contribution < 1.29 is 24.3 Å². The van der Waals surface area contributed by atoms with Gasteiger partial charge in [-0.15, -0.1) is 11.3 Å². The first-order chi connectivity index (χ1) is 15.7. The van der Waals surface area contributed by atoms with E-state index in [1.54, 1.807) is 18.5 Å². The Hall–Kier alpha value is -2.04. The minimum Gasteiger partial charge on any atom is -0.379 e. The van der Waals surface area contributed by atoms with Gasteiger partial charge in [-0.1, -0.05) is 46.5 Å². The van der Waals surface area contributed by atoms with Crippen LogP contribution in [0.3, 0.4) is 0 Å². The molecule has 0 bridgehead atoms. The van der Waals surface area contributed by atoms with Crippen LogP contribution >= 0.6 is 11.3 Å². The van der Waals surface area contributed by atoms with E-state index in [1.165, 1.54) is 18.4 Å². The van der Waals surface area contributed by atoms with Gasteiger partial charge in [0, 0.05) is 18.7 Å². The maximum absolute atomic E-state index is 13.6. The summed E-state index contributed by atoms with van der Waals surface area (Å²) < 4.78 is 5.36. The van der Waals surface area contributed by atoms with Gasteiger partial charge >= 0.3 is 0 Å². The number of hydrogen-bond donors (Lipinski definition) is 3. The lowest BCUT2D eigenvalue weighted by molar-refractivity contribution is -0.174. The normalized spacial score (nSPS) is 22.2. The van der Waals surface area contributed by atoms with Gasteiger partial charge in [-0.2, -0.15) is 0 Å². The molecule has 1 aliphatic rings. The quantitative estimate of drug-likeness (QED) is 0.239.